The summed E-state index contributed by atoms with van der Waals surface area (Å²) in [6, 6.07) is 4.21. The molecule has 1 saturated heterocycles. The fraction of sp³-hybridized carbons (Fsp3) is 0.333. The van der Waals surface area contributed by atoms with Crippen LogP contribution in [-0.2, 0) is 10.3 Å². The molecule has 2 rings (SSSR count). The third-order valence-electron chi connectivity index (χ3n) is 3.10. The number of carbonyl (C=O) groups excluding carboxylic acids is 2. The number of rotatable bonds is 3. The summed E-state index contributed by atoms with van der Waals surface area (Å²) in [7, 11) is 0. The number of amides is 3. The molecule has 5 nitrogen and oxygen atoms in total. The van der Waals surface area contributed by atoms with Crippen molar-refractivity contribution in [3.8, 4) is 0 Å². The van der Waals surface area contributed by atoms with E-state index in [2.05, 4.69) is 5.32 Å². The van der Waals surface area contributed by atoms with E-state index < -0.39 is 17.5 Å². The summed E-state index contributed by atoms with van der Waals surface area (Å²) >= 11 is 11.8. The van der Waals surface area contributed by atoms with Gasteiger partial charge in [0.15, 0.2) is 0 Å². The molecule has 1 aliphatic rings. The van der Waals surface area contributed by atoms with Crippen LogP contribution in [-0.4, -0.2) is 35.1 Å². The number of aliphatic hydroxyl groups excluding tert-OH is 1. The second kappa shape index (κ2) is 5.00. The van der Waals surface area contributed by atoms with Gasteiger partial charge in [-0.3, -0.25) is 9.69 Å². The maximum atomic E-state index is 12.3. The topological polar surface area (TPSA) is 69.6 Å². The molecule has 1 aromatic carbocycles. The van der Waals surface area contributed by atoms with Crippen molar-refractivity contribution in [1.82, 2.24) is 10.2 Å². The standard InChI is InChI=1S/C12H12Cl2N2O3/c1-12(7-2-3-8(13)9(14)6-7)10(18)16(4-5-17)11(19)15-12/h2-3,6,17H,4-5H2,1H3,(H,15,19). The molecule has 7 heteroatoms. The van der Waals surface area contributed by atoms with Gasteiger partial charge in [0, 0.05) is 0 Å². The zero-order valence-electron chi connectivity index (χ0n) is 10.1. The van der Waals surface area contributed by atoms with Crippen LogP contribution >= 0.6 is 23.2 Å². The fourth-order valence-electron chi connectivity index (χ4n) is 2.00. The van der Waals surface area contributed by atoms with Crippen molar-refractivity contribution in [2.45, 2.75) is 12.5 Å². The summed E-state index contributed by atoms with van der Waals surface area (Å²) in [5.41, 5.74) is -0.652. The van der Waals surface area contributed by atoms with Crippen molar-refractivity contribution in [3.05, 3.63) is 33.8 Å². The van der Waals surface area contributed by atoms with Gasteiger partial charge in [0.2, 0.25) is 0 Å². The lowest BCUT2D eigenvalue weighted by atomic mass is 9.92. The minimum Gasteiger partial charge on any atom is -0.395 e. The smallest absolute Gasteiger partial charge is 0.325 e. The molecule has 0 spiro atoms. The fourth-order valence-corrected chi connectivity index (χ4v) is 2.30. The number of aliphatic hydroxyl groups is 1. The van der Waals surface area contributed by atoms with Gasteiger partial charge in [-0.2, -0.15) is 0 Å². The minimum absolute atomic E-state index is 0.0401. The zero-order chi connectivity index (χ0) is 14.2. The van der Waals surface area contributed by atoms with Crippen LogP contribution in [0, 0.1) is 0 Å². The largest absolute Gasteiger partial charge is 0.395 e. The molecule has 0 aliphatic carbocycles. The van der Waals surface area contributed by atoms with Crippen molar-refractivity contribution in [2.75, 3.05) is 13.2 Å². The van der Waals surface area contributed by atoms with E-state index in [0.29, 0.717) is 15.6 Å². The number of nitrogens with zero attached hydrogens (tertiary/aromatic N) is 1. The van der Waals surface area contributed by atoms with Crippen LogP contribution in [0.3, 0.4) is 0 Å². The summed E-state index contributed by atoms with van der Waals surface area (Å²) in [6.07, 6.45) is 0. The normalized spacial score (nSPS) is 22.8. The second-order valence-corrected chi connectivity index (χ2v) is 5.18. The van der Waals surface area contributed by atoms with Crippen LogP contribution in [0.4, 0.5) is 4.79 Å². The number of benzene rings is 1. The molecule has 0 radical (unpaired) electrons. The van der Waals surface area contributed by atoms with Gasteiger partial charge in [0.25, 0.3) is 5.91 Å². The van der Waals surface area contributed by atoms with Crippen molar-refractivity contribution in [2.24, 2.45) is 0 Å². The maximum absolute atomic E-state index is 12.3. The van der Waals surface area contributed by atoms with E-state index in [-0.39, 0.29) is 13.2 Å². The molecule has 0 saturated carbocycles. The Hall–Kier alpha value is -1.30. The first-order valence-electron chi connectivity index (χ1n) is 5.60. The molecule has 1 fully saturated rings. The Bertz CT molecular complexity index is 550. The van der Waals surface area contributed by atoms with Gasteiger partial charge in [-0.15, -0.1) is 0 Å². The molecule has 1 heterocycles. The number of hydrogen-bond donors (Lipinski definition) is 2. The molecular formula is C12H12Cl2N2O3. The van der Waals surface area contributed by atoms with Crippen molar-refractivity contribution >= 4 is 35.1 Å². The second-order valence-electron chi connectivity index (χ2n) is 4.36. The van der Waals surface area contributed by atoms with E-state index in [4.69, 9.17) is 28.3 Å². The summed E-state index contributed by atoms with van der Waals surface area (Å²) in [5.74, 6) is -0.426. The van der Waals surface area contributed by atoms with Crippen LogP contribution in [0.15, 0.2) is 18.2 Å². The van der Waals surface area contributed by atoms with Crippen molar-refractivity contribution in [1.29, 1.82) is 0 Å². The lowest BCUT2D eigenvalue weighted by Crippen LogP contribution is -2.41. The predicted octanol–water partition coefficient (Wildman–Crippen LogP) is 1.75. The van der Waals surface area contributed by atoms with Crippen LogP contribution in [0.2, 0.25) is 10.0 Å². The molecule has 1 atom stereocenters. The molecule has 1 unspecified atom stereocenters. The quantitative estimate of drug-likeness (QED) is 0.836. The van der Waals surface area contributed by atoms with Gasteiger partial charge in [-0.05, 0) is 24.6 Å². The highest BCUT2D eigenvalue weighted by Crippen LogP contribution is 2.32. The van der Waals surface area contributed by atoms with E-state index >= 15 is 0 Å². The van der Waals surface area contributed by atoms with Gasteiger partial charge in [0.05, 0.1) is 23.2 Å². The van der Waals surface area contributed by atoms with Gasteiger partial charge in [0.1, 0.15) is 5.54 Å². The van der Waals surface area contributed by atoms with E-state index in [0.717, 1.165) is 4.90 Å². The Kier molecular flexibility index (Phi) is 3.71. The first-order chi connectivity index (χ1) is 8.90. The highest BCUT2D eigenvalue weighted by molar-refractivity contribution is 6.42. The van der Waals surface area contributed by atoms with E-state index in [9.17, 15) is 9.59 Å². The van der Waals surface area contributed by atoms with Gasteiger partial charge in [-0.25, -0.2) is 4.79 Å². The third kappa shape index (κ3) is 2.29. The number of hydrogen-bond acceptors (Lipinski definition) is 3. The highest BCUT2D eigenvalue weighted by atomic mass is 35.5. The number of halogens is 2. The number of β-amino-alcohol motifs (C(OH)–C–C–N with tert-alkyl or cyclic N) is 1. The molecule has 0 aromatic heterocycles. The predicted molar refractivity (Wildman–Crippen MR) is 71.1 cm³/mol. The average Bonchev–Trinajstić information content (AvgIpc) is 2.58. The molecule has 0 bridgehead atoms. The number of imide groups is 1. The first-order valence-corrected chi connectivity index (χ1v) is 6.36. The molecule has 1 aromatic rings. The Morgan fingerprint density at radius 3 is 2.58 bits per heavy atom. The molecule has 1 aliphatic heterocycles. The Balaban J connectivity index is 2.40. The minimum atomic E-state index is -1.19. The average molecular weight is 303 g/mol. The Morgan fingerprint density at radius 1 is 1.32 bits per heavy atom. The number of carbonyl (C=O) groups is 2. The number of nitrogens with one attached hydrogen (secondary N) is 1. The number of urea groups is 1. The molecule has 2 N–H and O–H groups in total. The van der Waals surface area contributed by atoms with Crippen LogP contribution in [0.1, 0.15) is 12.5 Å². The summed E-state index contributed by atoms with van der Waals surface area (Å²) < 4.78 is 0. The maximum Gasteiger partial charge on any atom is 0.325 e. The monoisotopic (exact) mass is 302 g/mol. The summed E-state index contributed by atoms with van der Waals surface area (Å²) in [6.45, 7) is 1.27. The van der Waals surface area contributed by atoms with Gasteiger partial charge < -0.3 is 10.4 Å². The van der Waals surface area contributed by atoms with E-state index in [1.807, 2.05) is 0 Å². The third-order valence-corrected chi connectivity index (χ3v) is 3.83. The molecule has 102 valence electrons. The van der Waals surface area contributed by atoms with Gasteiger partial charge >= 0.3 is 6.03 Å². The lowest BCUT2D eigenvalue weighted by molar-refractivity contribution is -0.131. The Morgan fingerprint density at radius 2 is 2.00 bits per heavy atom. The SMILES string of the molecule is CC1(c2ccc(Cl)c(Cl)c2)NC(=O)N(CCO)C1=O. The lowest BCUT2D eigenvalue weighted by Gasteiger charge is -2.22. The van der Waals surface area contributed by atoms with E-state index in [1.54, 1.807) is 25.1 Å². The molecule has 3 amide bonds. The van der Waals surface area contributed by atoms with Crippen molar-refractivity contribution < 1.29 is 14.7 Å². The molecule has 19 heavy (non-hydrogen) atoms. The van der Waals surface area contributed by atoms with Crippen molar-refractivity contribution in [3.63, 3.8) is 0 Å². The summed E-state index contributed by atoms with van der Waals surface area (Å²) in [5, 5.41) is 12.2. The molecular weight excluding hydrogens is 291 g/mol. The van der Waals surface area contributed by atoms with E-state index in [1.165, 1.54) is 0 Å². The zero-order valence-corrected chi connectivity index (χ0v) is 11.6. The summed E-state index contributed by atoms with van der Waals surface area (Å²) in [4.78, 5) is 25.0. The highest BCUT2D eigenvalue weighted by Gasteiger charge is 2.48. The van der Waals surface area contributed by atoms with Crippen LogP contribution in [0.25, 0.3) is 0 Å². The first kappa shape index (κ1) is 14.1. The van der Waals surface area contributed by atoms with Crippen LogP contribution in [0.5, 0.6) is 0 Å². The van der Waals surface area contributed by atoms with Gasteiger partial charge in [-0.1, -0.05) is 29.3 Å². The Labute approximate surface area is 120 Å². The van der Waals surface area contributed by atoms with Crippen LogP contribution < -0.4 is 5.32 Å².